The zero-order chi connectivity index (χ0) is 18.9. The first-order valence-electron chi connectivity index (χ1n) is 7.69. The number of para-hydroxylation sites is 1. The summed E-state index contributed by atoms with van der Waals surface area (Å²) in [4.78, 5) is 35.4. The molecule has 2 aromatic carbocycles. The van der Waals surface area contributed by atoms with E-state index in [0.717, 1.165) is 4.47 Å². The van der Waals surface area contributed by atoms with Crippen molar-refractivity contribution in [3.05, 3.63) is 59.1 Å². The lowest BCUT2D eigenvalue weighted by Crippen LogP contribution is -2.42. The van der Waals surface area contributed by atoms with Gasteiger partial charge in [-0.2, -0.15) is 0 Å². The Hall–Kier alpha value is -2.87. The number of carbonyl (C=O) groups excluding carboxylic acids is 3. The van der Waals surface area contributed by atoms with Crippen molar-refractivity contribution >= 4 is 39.5 Å². The predicted octanol–water partition coefficient (Wildman–Crippen LogP) is 3.11. The number of carbonyl (C=O) groups is 3. The summed E-state index contributed by atoms with van der Waals surface area (Å²) < 4.78 is 11.1. The lowest BCUT2D eigenvalue weighted by molar-refractivity contribution is -0.156. The molecule has 0 aliphatic heterocycles. The van der Waals surface area contributed by atoms with Gasteiger partial charge in [-0.15, -0.1) is 0 Å². The van der Waals surface area contributed by atoms with E-state index in [9.17, 15) is 14.4 Å². The Kier molecular flexibility index (Phi) is 7.16. The number of benzene rings is 2. The maximum atomic E-state index is 11.9. The van der Waals surface area contributed by atoms with Gasteiger partial charge in [0.15, 0.2) is 12.7 Å². The second kappa shape index (κ2) is 9.57. The molecule has 0 spiro atoms. The van der Waals surface area contributed by atoms with E-state index in [1.165, 1.54) is 6.92 Å². The normalized spacial score (nSPS) is 11.2. The van der Waals surface area contributed by atoms with E-state index in [1.807, 2.05) is 0 Å². The van der Waals surface area contributed by atoms with Crippen LogP contribution in [0.25, 0.3) is 0 Å². The van der Waals surface area contributed by atoms with Crippen molar-refractivity contribution in [3.8, 4) is 5.75 Å². The molecule has 0 radical (unpaired) electrons. The van der Waals surface area contributed by atoms with Crippen LogP contribution in [0.15, 0.2) is 59.1 Å². The first kappa shape index (κ1) is 19.5. The van der Waals surface area contributed by atoms with Crippen LogP contribution in [0.4, 0.5) is 10.5 Å². The average molecular weight is 421 g/mol. The van der Waals surface area contributed by atoms with Crippen molar-refractivity contribution in [3.63, 3.8) is 0 Å². The third kappa shape index (κ3) is 6.56. The number of hydrogen-bond donors (Lipinski definition) is 2. The zero-order valence-corrected chi connectivity index (χ0v) is 15.5. The second-order valence-corrected chi connectivity index (χ2v) is 6.10. The van der Waals surface area contributed by atoms with Crippen LogP contribution >= 0.6 is 15.9 Å². The molecule has 3 amide bonds. The lowest BCUT2D eigenvalue weighted by Gasteiger charge is -2.13. The molecule has 2 N–H and O–H groups in total. The standard InChI is InChI=1S/C18H17BrN2O5/c1-12(17(23)21-18(24)20-14-5-3-2-4-6-14)26-16(22)11-25-15-9-7-13(19)8-10-15/h2-10,12H,11H2,1H3,(H2,20,21,23,24). The molecule has 0 saturated carbocycles. The van der Waals surface area contributed by atoms with E-state index >= 15 is 0 Å². The van der Waals surface area contributed by atoms with Gasteiger partial charge in [-0.25, -0.2) is 9.59 Å². The molecule has 136 valence electrons. The number of amides is 3. The van der Waals surface area contributed by atoms with Crippen molar-refractivity contribution in [2.45, 2.75) is 13.0 Å². The molecule has 8 heteroatoms. The van der Waals surface area contributed by atoms with E-state index in [1.54, 1.807) is 54.6 Å². The first-order valence-corrected chi connectivity index (χ1v) is 8.48. The molecule has 7 nitrogen and oxygen atoms in total. The molecular weight excluding hydrogens is 404 g/mol. The molecule has 0 fully saturated rings. The Balaban J connectivity index is 1.74. The topological polar surface area (TPSA) is 93.7 Å². The number of rotatable bonds is 6. The SMILES string of the molecule is CC(OC(=O)COc1ccc(Br)cc1)C(=O)NC(=O)Nc1ccccc1. The third-order valence-corrected chi connectivity index (χ3v) is 3.64. The van der Waals surface area contributed by atoms with Crippen LogP contribution < -0.4 is 15.4 Å². The average Bonchev–Trinajstić information content (AvgIpc) is 2.62. The minimum absolute atomic E-state index is 0.352. The molecule has 2 aromatic rings. The quantitative estimate of drug-likeness (QED) is 0.700. The molecule has 0 aliphatic rings. The Morgan fingerprint density at radius 2 is 1.69 bits per heavy atom. The summed E-state index contributed by atoms with van der Waals surface area (Å²) in [5.41, 5.74) is 0.533. The second-order valence-electron chi connectivity index (χ2n) is 5.18. The Bertz CT molecular complexity index is 765. The van der Waals surface area contributed by atoms with Gasteiger partial charge in [0.25, 0.3) is 5.91 Å². The van der Waals surface area contributed by atoms with Crippen molar-refractivity contribution in [2.75, 3.05) is 11.9 Å². The van der Waals surface area contributed by atoms with Crippen molar-refractivity contribution in [2.24, 2.45) is 0 Å². The molecule has 2 rings (SSSR count). The van der Waals surface area contributed by atoms with Gasteiger partial charge < -0.3 is 14.8 Å². The Labute approximate surface area is 158 Å². The van der Waals surface area contributed by atoms with Gasteiger partial charge in [-0.05, 0) is 43.3 Å². The Morgan fingerprint density at radius 1 is 1.04 bits per heavy atom. The number of halogens is 1. The summed E-state index contributed by atoms with van der Waals surface area (Å²) in [5.74, 6) is -0.973. The summed E-state index contributed by atoms with van der Waals surface area (Å²) in [6.07, 6.45) is -1.14. The number of urea groups is 1. The van der Waals surface area contributed by atoms with Crippen molar-refractivity contribution in [1.29, 1.82) is 0 Å². The maximum absolute atomic E-state index is 11.9. The highest BCUT2D eigenvalue weighted by Gasteiger charge is 2.20. The fourth-order valence-electron chi connectivity index (χ4n) is 1.86. The summed E-state index contributed by atoms with van der Waals surface area (Å²) >= 11 is 3.29. The number of nitrogens with one attached hydrogen (secondary N) is 2. The van der Waals surface area contributed by atoms with Crippen LogP contribution in [0.1, 0.15) is 6.92 Å². The highest BCUT2D eigenvalue weighted by atomic mass is 79.9. The van der Waals surface area contributed by atoms with Gasteiger partial charge in [0.2, 0.25) is 0 Å². The fraction of sp³-hybridized carbons (Fsp3) is 0.167. The number of ether oxygens (including phenoxy) is 2. The summed E-state index contributed by atoms with van der Waals surface area (Å²) in [5, 5.41) is 4.59. The number of esters is 1. The van der Waals surface area contributed by atoms with Crippen LogP contribution in [0.3, 0.4) is 0 Å². The number of imide groups is 1. The third-order valence-electron chi connectivity index (χ3n) is 3.12. The number of anilines is 1. The van der Waals surface area contributed by atoms with E-state index in [2.05, 4.69) is 26.6 Å². The molecule has 0 aromatic heterocycles. The van der Waals surface area contributed by atoms with Crippen LogP contribution in [0, 0.1) is 0 Å². The number of hydrogen-bond acceptors (Lipinski definition) is 5. The van der Waals surface area contributed by atoms with Crippen molar-refractivity contribution in [1.82, 2.24) is 5.32 Å². The maximum Gasteiger partial charge on any atom is 0.344 e. The zero-order valence-electron chi connectivity index (χ0n) is 13.9. The summed E-state index contributed by atoms with van der Waals surface area (Å²) in [7, 11) is 0. The molecule has 0 saturated heterocycles. The minimum Gasteiger partial charge on any atom is -0.482 e. The van der Waals surface area contributed by atoms with E-state index in [-0.39, 0.29) is 6.61 Å². The fourth-order valence-corrected chi connectivity index (χ4v) is 2.12. The van der Waals surface area contributed by atoms with Gasteiger partial charge in [0.05, 0.1) is 0 Å². The molecule has 26 heavy (non-hydrogen) atoms. The Morgan fingerprint density at radius 3 is 2.35 bits per heavy atom. The summed E-state index contributed by atoms with van der Waals surface area (Å²) in [6, 6.07) is 14.8. The lowest BCUT2D eigenvalue weighted by atomic mass is 10.3. The van der Waals surface area contributed by atoms with Gasteiger partial charge in [-0.1, -0.05) is 34.1 Å². The van der Waals surface area contributed by atoms with Crippen LogP contribution in [-0.4, -0.2) is 30.6 Å². The largest absolute Gasteiger partial charge is 0.482 e. The molecule has 1 atom stereocenters. The van der Waals surface area contributed by atoms with E-state index in [4.69, 9.17) is 9.47 Å². The minimum atomic E-state index is -1.14. The monoisotopic (exact) mass is 420 g/mol. The van der Waals surface area contributed by atoms with E-state index < -0.39 is 24.0 Å². The van der Waals surface area contributed by atoms with Gasteiger partial charge in [0.1, 0.15) is 5.75 Å². The summed E-state index contributed by atoms with van der Waals surface area (Å²) in [6.45, 7) is 1.01. The predicted molar refractivity (Wildman–Crippen MR) is 98.8 cm³/mol. The molecule has 1 unspecified atom stereocenters. The molecule has 0 heterocycles. The van der Waals surface area contributed by atoms with Gasteiger partial charge in [-0.3, -0.25) is 10.1 Å². The highest BCUT2D eigenvalue weighted by Crippen LogP contribution is 2.16. The van der Waals surface area contributed by atoms with Crippen LogP contribution in [-0.2, 0) is 14.3 Å². The molecular formula is C18H17BrN2O5. The van der Waals surface area contributed by atoms with Gasteiger partial charge >= 0.3 is 12.0 Å². The first-order chi connectivity index (χ1) is 12.4. The van der Waals surface area contributed by atoms with Crippen LogP contribution in [0.2, 0.25) is 0 Å². The van der Waals surface area contributed by atoms with Crippen LogP contribution in [0.5, 0.6) is 5.75 Å². The van der Waals surface area contributed by atoms with Crippen molar-refractivity contribution < 1.29 is 23.9 Å². The smallest absolute Gasteiger partial charge is 0.344 e. The molecule has 0 bridgehead atoms. The van der Waals surface area contributed by atoms with Gasteiger partial charge in [0, 0.05) is 10.2 Å². The highest BCUT2D eigenvalue weighted by molar-refractivity contribution is 9.10. The molecule has 0 aliphatic carbocycles. The van der Waals surface area contributed by atoms with E-state index in [0.29, 0.717) is 11.4 Å².